The molecule has 0 fully saturated rings. The van der Waals surface area contributed by atoms with Crippen LogP contribution in [0.4, 0.5) is 0 Å². The number of carbonyl (C=O) groups is 2. The van der Waals surface area contributed by atoms with Gasteiger partial charge in [0.05, 0.1) is 16.4 Å². The van der Waals surface area contributed by atoms with Crippen LogP contribution in [-0.2, 0) is 28.2 Å². The van der Waals surface area contributed by atoms with E-state index in [9.17, 15) is 14.4 Å². The summed E-state index contributed by atoms with van der Waals surface area (Å²) in [4.78, 5) is 45.7. The minimum absolute atomic E-state index is 0.0868. The number of nitrogens with one attached hydrogen (secondary N) is 3. The lowest BCUT2D eigenvalue weighted by molar-refractivity contribution is -0.130. The van der Waals surface area contributed by atoms with Crippen LogP contribution in [0.15, 0.2) is 4.79 Å². The number of amides is 2. The summed E-state index contributed by atoms with van der Waals surface area (Å²) >= 11 is 2.97. The minimum atomic E-state index is -0.394. The monoisotopic (exact) mass is 408 g/mol. The number of thioether (sulfide) groups is 1. The number of aromatic amines is 1. The van der Waals surface area contributed by atoms with Crippen LogP contribution in [0, 0.1) is 5.92 Å². The Labute approximate surface area is 165 Å². The number of aryl methyl sites for hydroxylation is 2. The van der Waals surface area contributed by atoms with E-state index < -0.39 is 5.25 Å². The predicted molar refractivity (Wildman–Crippen MR) is 109 cm³/mol. The Balaban J connectivity index is 1.64. The molecule has 2 aromatic heterocycles. The van der Waals surface area contributed by atoms with Crippen molar-refractivity contribution in [1.29, 1.82) is 0 Å². The van der Waals surface area contributed by atoms with Gasteiger partial charge in [0.25, 0.3) is 11.5 Å². The van der Waals surface area contributed by atoms with Gasteiger partial charge in [0, 0.05) is 10.8 Å². The summed E-state index contributed by atoms with van der Waals surface area (Å²) in [6.07, 6.45) is 4.27. The van der Waals surface area contributed by atoms with Gasteiger partial charge in [0.1, 0.15) is 10.7 Å². The summed E-state index contributed by atoms with van der Waals surface area (Å²) in [6, 6.07) is 0. The topological polar surface area (TPSA) is 104 Å². The molecule has 1 aliphatic rings. The van der Waals surface area contributed by atoms with Crippen LogP contribution >= 0.6 is 23.1 Å². The summed E-state index contributed by atoms with van der Waals surface area (Å²) in [5.41, 5.74) is 5.91. The number of thiophene rings is 1. The second kappa shape index (κ2) is 8.43. The van der Waals surface area contributed by atoms with Crippen molar-refractivity contribution in [3.05, 3.63) is 26.6 Å². The lowest BCUT2D eigenvalue weighted by Crippen LogP contribution is -2.46. The number of nitrogens with zero attached hydrogens (tertiary/aromatic N) is 1. The average molecular weight is 409 g/mol. The number of H-pyrrole nitrogens is 1. The van der Waals surface area contributed by atoms with E-state index >= 15 is 0 Å². The van der Waals surface area contributed by atoms with Crippen LogP contribution in [0.1, 0.15) is 49.9 Å². The molecular formula is C18H24N4O3S2. The normalized spacial score (nSPS) is 14.8. The number of hydrazine groups is 1. The van der Waals surface area contributed by atoms with E-state index in [1.807, 2.05) is 0 Å². The summed E-state index contributed by atoms with van der Waals surface area (Å²) in [5, 5.41) is 0.348. The van der Waals surface area contributed by atoms with E-state index in [2.05, 4.69) is 20.8 Å². The first kappa shape index (κ1) is 19.9. The van der Waals surface area contributed by atoms with Gasteiger partial charge >= 0.3 is 0 Å². The van der Waals surface area contributed by atoms with Crippen LogP contribution < -0.4 is 16.4 Å². The number of hydrogen-bond donors (Lipinski definition) is 3. The third-order valence-corrected chi connectivity index (χ3v) is 6.89. The van der Waals surface area contributed by atoms with Gasteiger partial charge in [-0.2, -0.15) is 0 Å². The first-order chi connectivity index (χ1) is 12.9. The van der Waals surface area contributed by atoms with Gasteiger partial charge in [-0.15, -0.1) is 23.1 Å². The van der Waals surface area contributed by atoms with Gasteiger partial charge in [0.2, 0.25) is 5.91 Å². The maximum atomic E-state index is 12.5. The van der Waals surface area contributed by atoms with Gasteiger partial charge in [0.15, 0.2) is 0 Å². The van der Waals surface area contributed by atoms with Crippen molar-refractivity contribution >= 4 is 45.1 Å². The van der Waals surface area contributed by atoms with Crippen molar-refractivity contribution in [1.82, 2.24) is 20.8 Å². The summed E-state index contributed by atoms with van der Waals surface area (Å²) in [6.45, 7) is 5.25. The Bertz CT molecular complexity index is 919. The molecule has 0 bridgehead atoms. The first-order valence-corrected chi connectivity index (χ1v) is 11.0. The summed E-state index contributed by atoms with van der Waals surface area (Å²) in [5.74, 6) is 0.260. The lowest BCUT2D eigenvalue weighted by atomic mass is 9.97. The smallest absolute Gasteiger partial charge is 0.259 e. The molecule has 3 N–H and O–H groups in total. The highest BCUT2D eigenvalue weighted by atomic mass is 32.2. The molecule has 0 saturated carbocycles. The van der Waals surface area contributed by atoms with E-state index in [0.29, 0.717) is 11.6 Å². The van der Waals surface area contributed by atoms with Gasteiger partial charge in [-0.1, -0.05) is 13.8 Å². The molecule has 27 heavy (non-hydrogen) atoms. The SMILES string of the molecule is CC(C)C(=O)NNC(=O)[C@H](C)SCc1nc2sc3c(c2c(=O)[nH]1)CCCC3. The van der Waals surface area contributed by atoms with Crippen LogP contribution in [0.25, 0.3) is 10.2 Å². The zero-order chi connectivity index (χ0) is 19.6. The molecule has 1 atom stereocenters. The predicted octanol–water partition coefficient (Wildman–Crippen LogP) is 2.29. The van der Waals surface area contributed by atoms with Crippen LogP contribution in [0.5, 0.6) is 0 Å². The van der Waals surface area contributed by atoms with E-state index in [1.165, 1.54) is 28.6 Å². The molecule has 9 heteroatoms. The molecular weight excluding hydrogens is 384 g/mol. The Hall–Kier alpha value is -1.87. The van der Waals surface area contributed by atoms with Crippen LogP contribution in [0.3, 0.4) is 0 Å². The van der Waals surface area contributed by atoms with E-state index in [-0.39, 0.29) is 23.3 Å². The van der Waals surface area contributed by atoms with Gasteiger partial charge in [-0.05, 0) is 38.2 Å². The maximum Gasteiger partial charge on any atom is 0.259 e. The largest absolute Gasteiger partial charge is 0.309 e. The second-order valence-corrected chi connectivity index (χ2v) is 9.40. The highest BCUT2D eigenvalue weighted by molar-refractivity contribution is 7.99. The third kappa shape index (κ3) is 4.52. The van der Waals surface area contributed by atoms with E-state index in [1.54, 1.807) is 32.1 Å². The summed E-state index contributed by atoms with van der Waals surface area (Å²) < 4.78 is 0. The van der Waals surface area contributed by atoms with Crippen LogP contribution in [0.2, 0.25) is 0 Å². The fraction of sp³-hybridized carbons (Fsp3) is 0.556. The van der Waals surface area contributed by atoms with E-state index in [0.717, 1.165) is 29.5 Å². The molecule has 3 rings (SSSR count). The second-order valence-electron chi connectivity index (χ2n) is 6.99. The van der Waals surface area contributed by atoms with Crippen molar-refractivity contribution < 1.29 is 9.59 Å². The Morgan fingerprint density at radius 1 is 1.19 bits per heavy atom. The number of carbonyl (C=O) groups excluding carboxylic acids is 2. The van der Waals surface area contributed by atoms with E-state index in [4.69, 9.17) is 0 Å². The van der Waals surface area contributed by atoms with Gasteiger partial charge < -0.3 is 4.98 Å². The molecule has 2 heterocycles. The standard InChI is InChI=1S/C18H24N4O3S2/c1-9(2)15(23)21-22-16(24)10(3)26-8-13-19-17(25)14-11-6-4-5-7-12(11)27-18(14)20-13/h9-10H,4-8H2,1-3H3,(H,21,23)(H,22,24)(H,19,20,25)/t10-/m0/s1. The molecule has 2 aromatic rings. The molecule has 7 nitrogen and oxygen atoms in total. The molecule has 0 unspecified atom stereocenters. The van der Waals surface area contributed by atoms with Crippen molar-refractivity contribution in [2.75, 3.05) is 0 Å². The number of rotatable bonds is 5. The van der Waals surface area contributed by atoms with Crippen LogP contribution in [-0.4, -0.2) is 27.0 Å². The van der Waals surface area contributed by atoms with Crippen molar-refractivity contribution in [3.63, 3.8) is 0 Å². The summed E-state index contributed by atoms with van der Waals surface area (Å²) in [7, 11) is 0. The van der Waals surface area contributed by atoms with Crippen molar-refractivity contribution in [2.24, 2.45) is 5.92 Å². The quantitative estimate of drug-likeness (QED) is 0.659. The fourth-order valence-electron chi connectivity index (χ4n) is 2.93. The Morgan fingerprint density at radius 3 is 2.63 bits per heavy atom. The molecule has 0 aromatic carbocycles. The zero-order valence-electron chi connectivity index (χ0n) is 15.7. The molecule has 0 saturated heterocycles. The molecule has 1 aliphatic carbocycles. The molecule has 0 spiro atoms. The Kier molecular flexibility index (Phi) is 6.21. The lowest BCUT2D eigenvalue weighted by Gasteiger charge is -2.13. The fourth-order valence-corrected chi connectivity index (χ4v) is 4.96. The Morgan fingerprint density at radius 2 is 1.89 bits per heavy atom. The first-order valence-electron chi connectivity index (χ1n) is 9.11. The van der Waals surface area contributed by atoms with Crippen molar-refractivity contribution in [3.8, 4) is 0 Å². The number of fused-ring (bicyclic) bond motifs is 3. The highest BCUT2D eigenvalue weighted by Crippen LogP contribution is 2.33. The number of aromatic nitrogens is 2. The molecule has 146 valence electrons. The van der Waals surface area contributed by atoms with Crippen molar-refractivity contribution in [2.45, 2.75) is 57.5 Å². The average Bonchev–Trinajstić information content (AvgIpc) is 3.02. The molecule has 0 aliphatic heterocycles. The molecule has 2 amide bonds. The number of hydrogen-bond acceptors (Lipinski definition) is 6. The minimum Gasteiger partial charge on any atom is -0.309 e. The van der Waals surface area contributed by atoms with Gasteiger partial charge in [-0.25, -0.2) is 4.98 Å². The van der Waals surface area contributed by atoms with Gasteiger partial charge in [-0.3, -0.25) is 25.2 Å². The highest BCUT2D eigenvalue weighted by Gasteiger charge is 2.20. The zero-order valence-corrected chi connectivity index (χ0v) is 17.3. The maximum absolute atomic E-state index is 12.5. The third-order valence-electron chi connectivity index (χ3n) is 4.55. The molecule has 0 radical (unpaired) electrons.